The third-order valence-electron chi connectivity index (χ3n) is 5.10. The van der Waals surface area contributed by atoms with Crippen LogP contribution in [0.4, 0.5) is 0 Å². The van der Waals surface area contributed by atoms with Crippen molar-refractivity contribution in [2.75, 3.05) is 33.2 Å². The van der Waals surface area contributed by atoms with Crippen molar-refractivity contribution in [2.24, 2.45) is 10.9 Å². The number of aliphatic imine (C=N–C) groups is 1. The maximum absolute atomic E-state index is 5.43. The fourth-order valence-electron chi connectivity index (χ4n) is 3.32. The van der Waals surface area contributed by atoms with Crippen molar-refractivity contribution < 1.29 is 4.52 Å². The van der Waals surface area contributed by atoms with Gasteiger partial charge in [0.05, 0.1) is 6.54 Å². The molecule has 1 aliphatic rings. The van der Waals surface area contributed by atoms with E-state index in [-0.39, 0.29) is 0 Å². The van der Waals surface area contributed by atoms with Gasteiger partial charge in [0.2, 0.25) is 0 Å². The minimum absolute atomic E-state index is 0.583. The molecule has 1 aliphatic heterocycles. The van der Waals surface area contributed by atoms with Crippen molar-refractivity contribution >= 4 is 5.96 Å². The smallest absolute Gasteiger partial charge is 0.191 e. The molecule has 3 rings (SSSR count). The highest BCUT2D eigenvalue weighted by molar-refractivity contribution is 5.79. The number of nitrogens with one attached hydrogen (secondary N) is 2. The largest absolute Gasteiger partial charge is 0.356 e. The highest BCUT2D eigenvalue weighted by Crippen LogP contribution is 2.19. The van der Waals surface area contributed by atoms with Crippen LogP contribution in [-0.2, 0) is 6.54 Å². The first-order valence-corrected chi connectivity index (χ1v) is 9.92. The molecule has 1 aromatic heterocycles. The lowest BCUT2D eigenvalue weighted by Crippen LogP contribution is -2.39. The second-order valence-corrected chi connectivity index (χ2v) is 7.28. The summed E-state index contributed by atoms with van der Waals surface area (Å²) in [6.07, 6.45) is 3.79. The van der Waals surface area contributed by atoms with Gasteiger partial charge in [-0.2, -0.15) is 0 Å². The lowest BCUT2D eigenvalue weighted by Gasteiger charge is -2.30. The molecule has 27 heavy (non-hydrogen) atoms. The van der Waals surface area contributed by atoms with E-state index >= 15 is 0 Å². The molecule has 2 N–H and O–H groups in total. The molecule has 0 atom stereocenters. The number of benzene rings is 1. The molecule has 2 aromatic rings. The first-order chi connectivity index (χ1) is 13.2. The van der Waals surface area contributed by atoms with E-state index in [1.165, 1.54) is 25.9 Å². The highest BCUT2D eigenvalue weighted by Gasteiger charge is 2.14. The van der Waals surface area contributed by atoms with Crippen molar-refractivity contribution in [3.63, 3.8) is 0 Å². The van der Waals surface area contributed by atoms with Gasteiger partial charge < -0.3 is 20.1 Å². The van der Waals surface area contributed by atoms with Gasteiger partial charge in [-0.1, -0.05) is 42.4 Å². The summed E-state index contributed by atoms with van der Waals surface area (Å²) in [6.45, 7) is 7.49. The van der Waals surface area contributed by atoms with E-state index in [0.717, 1.165) is 48.4 Å². The van der Waals surface area contributed by atoms with Crippen molar-refractivity contribution in [3.8, 4) is 11.3 Å². The normalized spacial score (nSPS) is 16.4. The number of nitrogens with zero attached hydrogens (tertiary/aromatic N) is 3. The SMILES string of the molecule is CN=C(NCCCN1CCC(C)CC1)NCc1cc(-c2ccccc2)on1. The van der Waals surface area contributed by atoms with Gasteiger partial charge in [0.15, 0.2) is 11.7 Å². The van der Waals surface area contributed by atoms with E-state index in [2.05, 4.69) is 32.6 Å². The predicted molar refractivity (Wildman–Crippen MR) is 110 cm³/mol. The van der Waals surface area contributed by atoms with Crippen LogP contribution in [0.5, 0.6) is 0 Å². The van der Waals surface area contributed by atoms with Crippen LogP contribution in [0.2, 0.25) is 0 Å². The van der Waals surface area contributed by atoms with Gasteiger partial charge in [-0.05, 0) is 44.8 Å². The number of hydrogen-bond donors (Lipinski definition) is 2. The number of guanidine groups is 1. The fourth-order valence-corrected chi connectivity index (χ4v) is 3.32. The van der Waals surface area contributed by atoms with E-state index in [9.17, 15) is 0 Å². The van der Waals surface area contributed by atoms with Crippen molar-refractivity contribution in [1.29, 1.82) is 0 Å². The van der Waals surface area contributed by atoms with Crippen molar-refractivity contribution in [2.45, 2.75) is 32.7 Å². The minimum Gasteiger partial charge on any atom is -0.356 e. The zero-order valence-electron chi connectivity index (χ0n) is 16.4. The first-order valence-electron chi connectivity index (χ1n) is 9.92. The number of likely N-dealkylation sites (tertiary alicyclic amines) is 1. The standard InChI is InChI=1S/C21H31N5O/c1-17-9-13-26(14-10-17)12-6-11-23-21(22-2)24-16-19-15-20(27-25-19)18-7-4-3-5-8-18/h3-5,7-8,15,17H,6,9-14,16H2,1-2H3,(H2,22,23,24). The van der Waals surface area contributed by atoms with Gasteiger partial charge >= 0.3 is 0 Å². The summed E-state index contributed by atoms with van der Waals surface area (Å²) in [7, 11) is 1.79. The zero-order valence-corrected chi connectivity index (χ0v) is 16.4. The van der Waals surface area contributed by atoms with Crippen LogP contribution < -0.4 is 10.6 Å². The molecule has 0 spiro atoms. The van der Waals surface area contributed by atoms with E-state index in [4.69, 9.17) is 4.52 Å². The first kappa shape index (κ1) is 19.4. The zero-order chi connectivity index (χ0) is 18.9. The Morgan fingerprint density at radius 1 is 1.22 bits per heavy atom. The molecule has 6 nitrogen and oxygen atoms in total. The number of piperidine rings is 1. The molecule has 2 heterocycles. The monoisotopic (exact) mass is 369 g/mol. The van der Waals surface area contributed by atoms with E-state index in [1.807, 2.05) is 36.4 Å². The van der Waals surface area contributed by atoms with Gasteiger partial charge in [0, 0.05) is 25.2 Å². The minimum atomic E-state index is 0.583. The number of hydrogen-bond acceptors (Lipinski definition) is 4. The van der Waals surface area contributed by atoms with Crippen LogP contribution in [0.1, 0.15) is 31.9 Å². The number of aromatic nitrogens is 1. The Morgan fingerprint density at radius 3 is 2.74 bits per heavy atom. The Labute approximate surface area is 162 Å². The second kappa shape index (κ2) is 10.1. The summed E-state index contributed by atoms with van der Waals surface area (Å²) in [5, 5.41) is 10.8. The molecule has 0 amide bonds. The maximum atomic E-state index is 5.43. The van der Waals surface area contributed by atoms with Crippen LogP contribution in [0.3, 0.4) is 0 Å². The summed E-state index contributed by atoms with van der Waals surface area (Å²) in [4.78, 5) is 6.85. The summed E-state index contributed by atoms with van der Waals surface area (Å²) >= 11 is 0. The van der Waals surface area contributed by atoms with E-state index in [1.54, 1.807) is 7.05 Å². The molecule has 1 fully saturated rings. The molecular formula is C21H31N5O. The molecular weight excluding hydrogens is 338 g/mol. The van der Waals surface area contributed by atoms with Crippen LogP contribution in [0, 0.1) is 5.92 Å². The molecule has 146 valence electrons. The molecule has 0 saturated carbocycles. The Balaban J connectivity index is 1.36. The van der Waals surface area contributed by atoms with Gasteiger partial charge in [-0.25, -0.2) is 0 Å². The third kappa shape index (κ3) is 6.10. The molecule has 1 aromatic carbocycles. The summed E-state index contributed by atoms with van der Waals surface area (Å²) in [5.74, 6) is 2.47. The lowest BCUT2D eigenvalue weighted by atomic mass is 9.99. The average molecular weight is 370 g/mol. The predicted octanol–water partition coefficient (Wildman–Crippen LogP) is 3.13. The topological polar surface area (TPSA) is 65.7 Å². The van der Waals surface area contributed by atoms with Crippen LogP contribution in [-0.4, -0.2) is 49.2 Å². The summed E-state index contributed by atoms with van der Waals surface area (Å²) in [6, 6.07) is 12.0. The molecule has 0 unspecified atom stereocenters. The van der Waals surface area contributed by atoms with Crippen molar-refractivity contribution in [1.82, 2.24) is 20.7 Å². The van der Waals surface area contributed by atoms with Crippen LogP contribution >= 0.6 is 0 Å². The average Bonchev–Trinajstić information content (AvgIpc) is 3.18. The van der Waals surface area contributed by atoms with Crippen LogP contribution in [0.15, 0.2) is 45.9 Å². The van der Waals surface area contributed by atoms with Gasteiger partial charge in [0.1, 0.15) is 5.69 Å². The molecule has 1 saturated heterocycles. The Morgan fingerprint density at radius 2 is 2.00 bits per heavy atom. The van der Waals surface area contributed by atoms with Gasteiger partial charge in [0.25, 0.3) is 0 Å². The second-order valence-electron chi connectivity index (χ2n) is 7.28. The summed E-state index contributed by atoms with van der Waals surface area (Å²) in [5.41, 5.74) is 1.89. The van der Waals surface area contributed by atoms with Crippen molar-refractivity contribution in [3.05, 3.63) is 42.1 Å². The molecule has 0 bridgehead atoms. The quantitative estimate of drug-likeness (QED) is 0.446. The lowest BCUT2D eigenvalue weighted by molar-refractivity contribution is 0.191. The molecule has 0 aliphatic carbocycles. The fraction of sp³-hybridized carbons (Fsp3) is 0.524. The van der Waals surface area contributed by atoms with E-state index in [0.29, 0.717) is 6.54 Å². The van der Waals surface area contributed by atoms with E-state index < -0.39 is 0 Å². The number of rotatable bonds is 7. The van der Waals surface area contributed by atoms with Crippen LogP contribution in [0.25, 0.3) is 11.3 Å². The summed E-state index contributed by atoms with van der Waals surface area (Å²) < 4.78 is 5.43. The Bertz CT molecular complexity index is 704. The molecule has 0 radical (unpaired) electrons. The van der Waals surface area contributed by atoms with Gasteiger partial charge in [-0.15, -0.1) is 0 Å². The maximum Gasteiger partial charge on any atom is 0.191 e. The van der Waals surface area contributed by atoms with Gasteiger partial charge in [-0.3, -0.25) is 4.99 Å². The third-order valence-corrected chi connectivity index (χ3v) is 5.10. The molecule has 6 heteroatoms. The Hall–Kier alpha value is -2.34. The Kier molecular flexibility index (Phi) is 7.27. The highest BCUT2D eigenvalue weighted by atomic mass is 16.5.